The number of aliphatic hydroxyl groups is 2. The van der Waals surface area contributed by atoms with E-state index < -0.39 is 0 Å². The molecule has 0 aromatic heterocycles. The molecule has 3 nitrogen and oxygen atoms in total. The molecule has 0 aliphatic heterocycles. The van der Waals surface area contributed by atoms with Gasteiger partial charge in [-0.1, -0.05) is 12.1 Å². The number of ether oxygens (including phenoxy) is 1. The molecule has 2 rings (SSSR count). The van der Waals surface area contributed by atoms with Crippen molar-refractivity contribution < 1.29 is 14.9 Å². The standard InChI is InChI=1S/C11H14O3/c12-6-7-14-11-3-1-2-8-9(11)4-5-10(8)13/h1-3,10,12-13H,4-7H2. The second-order valence-electron chi connectivity index (χ2n) is 3.45. The predicted octanol–water partition coefficient (Wildman–Crippen LogP) is 1.04. The number of aliphatic hydroxyl groups excluding tert-OH is 2. The molecule has 3 heteroatoms. The maximum atomic E-state index is 9.63. The minimum absolute atomic E-state index is 0.0201. The summed E-state index contributed by atoms with van der Waals surface area (Å²) in [4.78, 5) is 0. The van der Waals surface area contributed by atoms with E-state index >= 15 is 0 Å². The van der Waals surface area contributed by atoms with Crippen molar-refractivity contribution in [3.05, 3.63) is 29.3 Å². The highest BCUT2D eigenvalue weighted by atomic mass is 16.5. The highest BCUT2D eigenvalue weighted by molar-refractivity contribution is 5.44. The lowest BCUT2D eigenvalue weighted by molar-refractivity contribution is 0.180. The summed E-state index contributed by atoms with van der Waals surface area (Å²) in [6.07, 6.45) is 1.29. The zero-order chi connectivity index (χ0) is 9.97. The van der Waals surface area contributed by atoms with Gasteiger partial charge in [0, 0.05) is 5.56 Å². The molecule has 1 aliphatic carbocycles. The molecule has 1 unspecified atom stereocenters. The molecule has 1 atom stereocenters. The van der Waals surface area contributed by atoms with Crippen molar-refractivity contribution in [3.63, 3.8) is 0 Å². The Bertz CT molecular complexity index is 322. The molecular weight excluding hydrogens is 180 g/mol. The Hall–Kier alpha value is -1.06. The average Bonchev–Trinajstić information content (AvgIpc) is 2.58. The van der Waals surface area contributed by atoms with Gasteiger partial charge in [0.15, 0.2) is 0 Å². The van der Waals surface area contributed by atoms with Gasteiger partial charge < -0.3 is 14.9 Å². The fraction of sp³-hybridized carbons (Fsp3) is 0.455. The van der Waals surface area contributed by atoms with Crippen molar-refractivity contribution in [3.8, 4) is 5.75 Å². The Balaban J connectivity index is 2.25. The Morgan fingerprint density at radius 3 is 3.07 bits per heavy atom. The van der Waals surface area contributed by atoms with Crippen LogP contribution in [-0.4, -0.2) is 23.4 Å². The quantitative estimate of drug-likeness (QED) is 0.755. The van der Waals surface area contributed by atoms with Crippen LogP contribution in [-0.2, 0) is 6.42 Å². The Labute approximate surface area is 83.0 Å². The third-order valence-corrected chi connectivity index (χ3v) is 2.54. The van der Waals surface area contributed by atoms with Crippen LogP contribution < -0.4 is 4.74 Å². The molecule has 1 aromatic carbocycles. The molecule has 0 fully saturated rings. The third kappa shape index (κ3) is 1.61. The van der Waals surface area contributed by atoms with E-state index in [-0.39, 0.29) is 12.7 Å². The second kappa shape index (κ2) is 3.98. The van der Waals surface area contributed by atoms with Gasteiger partial charge in [0.25, 0.3) is 0 Å². The molecule has 0 heterocycles. The summed E-state index contributed by atoms with van der Waals surface area (Å²) in [7, 11) is 0. The van der Waals surface area contributed by atoms with E-state index in [1.165, 1.54) is 0 Å². The molecule has 0 saturated heterocycles. The zero-order valence-electron chi connectivity index (χ0n) is 7.94. The molecule has 76 valence electrons. The Morgan fingerprint density at radius 1 is 1.43 bits per heavy atom. The summed E-state index contributed by atoms with van der Waals surface area (Å²) in [5, 5.41) is 18.3. The van der Waals surface area contributed by atoms with Crippen LogP contribution in [0.3, 0.4) is 0 Å². The number of hydrogen-bond acceptors (Lipinski definition) is 3. The first-order chi connectivity index (χ1) is 6.83. The fourth-order valence-electron chi connectivity index (χ4n) is 1.89. The van der Waals surface area contributed by atoms with E-state index in [1.54, 1.807) is 0 Å². The van der Waals surface area contributed by atoms with Crippen LogP contribution in [0.25, 0.3) is 0 Å². The van der Waals surface area contributed by atoms with Gasteiger partial charge in [-0.15, -0.1) is 0 Å². The van der Waals surface area contributed by atoms with Gasteiger partial charge in [-0.2, -0.15) is 0 Å². The van der Waals surface area contributed by atoms with Gasteiger partial charge in [-0.3, -0.25) is 0 Å². The molecule has 0 bridgehead atoms. The molecule has 0 amide bonds. The third-order valence-electron chi connectivity index (χ3n) is 2.54. The minimum atomic E-state index is -0.345. The van der Waals surface area contributed by atoms with Crippen molar-refractivity contribution in [2.24, 2.45) is 0 Å². The number of rotatable bonds is 3. The summed E-state index contributed by atoms with van der Waals surface area (Å²) in [6.45, 7) is 0.332. The molecule has 0 spiro atoms. The number of hydrogen-bond donors (Lipinski definition) is 2. The fourth-order valence-corrected chi connectivity index (χ4v) is 1.89. The lowest BCUT2D eigenvalue weighted by Gasteiger charge is -2.09. The SMILES string of the molecule is OCCOc1cccc2c1CCC2O. The molecule has 0 saturated carbocycles. The predicted molar refractivity (Wildman–Crippen MR) is 52.3 cm³/mol. The molecule has 1 aliphatic rings. The smallest absolute Gasteiger partial charge is 0.122 e. The van der Waals surface area contributed by atoms with Crippen molar-refractivity contribution in [2.45, 2.75) is 18.9 Å². The van der Waals surface area contributed by atoms with Crippen LogP contribution >= 0.6 is 0 Å². The average molecular weight is 194 g/mol. The summed E-state index contributed by atoms with van der Waals surface area (Å²) >= 11 is 0. The highest BCUT2D eigenvalue weighted by Crippen LogP contribution is 2.36. The maximum Gasteiger partial charge on any atom is 0.122 e. The molecular formula is C11H14O3. The first-order valence-corrected chi connectivity index (χ1v) is 4.86. The van der Waals surface area contributed by atoms with Crippen molar-refractivity contribution >= 4 is 0 Å². The minimum Gasteiger partial charge on any atom is -0.491 e. The maximum absolute atomic E-state index is 9.63. The molecule has 2 N–H and O–H groups in total. The van der Waals surface area contributed by atoms with Crippen LogP contribution in [0.4, 0.5) is 0 Å². The Kier molecular flexibility index (Phi) is 2.70. The monoisotopic (exact) mass is 194 g/mol. The van der Waals surface area contributed by atoms with E-state index in [0.717, 1.165) is 29.7 Å². The largest absolute Gasteiger partial charge is 0.491 e. The normalized spacial score (nSPS) is 19.4. The topological polar surface area (TPSA) is 49.7 Å². The van der Waals surface area contributed by atoms with E-state index in [1.807, 2.05) is 18.2 Å². The van der Waals surface area contributed by atoms with Gasteiger partial charge in [0.1, 0.15) is 12.4 Å². The lowest BCUT2D eigenvalue weighted by atomic mass is 10.1. The van der Waals surface area contributed by atoms with Crippen molar-refractivity contribution in [2.75, 3.05) is 13.2 Å². The van der Waals surface area contributed by atoms with Gasteiger partial charge >= 0.3 is 0 Å². The first kappa shape index (κ1) is 9.49. The van der Waals surface area contributed by atoms with Crippen LogP contribution in [0, 0.1) is 0 Å². The van der Waals surface area contributed by atoms with Crippen LogP contribution in [0.15, 0.2) is 18.2 Å². The van der Waals surface area contributed by atoms with Gasteiger partial charge in [-0.05, 0) is 24.5 Å². The summed E-state index contributed by atoms with van der Waals surface area (Å²) in [5.74, 6) is 0.799. The summed E-state index contributed by atoms with van der Waals surface area (Å²) in [5.41, 5.74) is 2.06. The molecule has 0 radical (unpaired) electrons. The summed E-state index contributed by atoms with van der Waals surface area (Å²) in [6, 6.07) is 5.69. The number of fused-ring (bicyclic) bond motifs is 1. The first-order valence-electron chi connectivity index (χ1n) is 4.86. The molecule has 1 aromatic rings. The second-order valence-corrected chi connectivity index (χ2v) is 3.45. The van der Waals surface area contributed by atoms with Crippen molar-refractivity contribution in [1.29, 1.82) is 0 Å². The van der Waals surface area contributed by atoms with Gasteiger partial charge in [0.2, 0.25) is 0 Å². The van der Waals surface area contributed by atoms with Crippen LogP contribution in [0.5, 0.6) is 5.75 Å². The van der Waals surface area contributed by atoms with Gasteiger partial charge in [-0.25, -0.2) is 0 Å². The zero-order valence-corrected chi connectivity index (χ0v) is 7.94. The summed E-state index contributed by atoms with van der Waals surface area (Å²) < 4.78 is 5.39. The highest BCUT2D eigenvalue weighted by Gasteiger charge is 2.22. The van der Waals surface area contributed by atoms with Crippen molar-refractivity contribution in [1.82, 2.24) is 0 Å². The van der Waals surface area contributed by atoms with E-state index in [2.05, 4.69) is 0 Å². The molecule has 14 heavy (non-hydrogen) atoms. The lowest BCUT2D eigenvalue weighted by Crippen LogP contribution is -2.03. The van der Waals surface area contributed by atoms with Crippen LogP contribution in [0.2, 0.25) is 0 Å². The van der Waals surface area contributed by atoms with Crippen LogP contribution in [0.1, 0.15) is 23.7 Å². The van der Waals surface area contributed by atoms with E-state index in [9.17, 15) is 5.11 Å². The Morgan fingerprint density at radius 2 is 2.29 bits per heavy atom. The van der Waals surface area contributed by atoms with E-state index in [4.69, 9.17) is 9.84 Å². The van der Waals surface area contributed by atoms with Gasteiger partial charge in [0.05, 0.1) is 12.7 Å². The number of benzene rings is 1. The van der Waals surface area contributed by atoms with E-state index in [0.29, 0.717) is 6.61 Å².